The highest BCUT2D eigenvalue weighted by molar-refractivity contribution is 5.94. The molecule has 3 N–H and O–H groups in total. The van der Waals surface area contributed by atoms with Gasteiger partial charge in [0.25, 0.3) is 5.91 Å². The van der Waals surface area contributed by atoms with Gasteiger partial charge in [0.05, 0.1) is 24.5 Å². The Hall–Kier alpha value is -1.70. The summed E-state index contributed by atoms with van der Waals surface area (Å²) >= 11 is 0. The predicted octanol–water partition coefficient (Wildman–Crippen LogP) is 1.32. The minimum Gasteiger partial charge on any atom is -0.506 e. The van der Waals surface area contributed by atoms with Gasteiger partial charge in [-0.1, -0.05) is 19.3 Å². The van der Waals surface area contributed by atoms with Gasteiger partial charge in [0.1, 0.15) is 11.9 Å². The normalized spacial score (nSPS) is 24.5. The molecule has 2 atom stereocenters. The van der Waals surface area contributed by atoms with Crippen LogP contribution in [0.1, 0.15) is 48.9 Å². The van der Waals surface area contributed by atoms with E-state index < -0.39 is 12.2 Å². The van der Waals surface area contributed by atoms with Crippen molar-refractivity contribution in [2.24, 2.45) is 0 Å². The van der Waals surface area contributed by atoms with Gasteiger partial charge in [-0.15, -0.1) is 0 Å². The zero-order valence-corrected chi connectivity index (χ0v) is 14.5. The fourth-order valence-electron chi connectivity index (χ4n) is 2.87. The van der Waals surface area contributed by atoms with Crippen molar-refractivity contribution in [2.75, 3.05) is 26.3 Å². The number of amides is 1. The van der Waals surface area contributed by atoms with Crippen molar-refractivity contribution in [1.82, 2.24) is 9.88 Å². The van der Waals surface area contributed by atoms with Crippen molar-refractivity contribution in [1.29, 1.82) is 0 Å². The van der Waals surface area contributed by atoms with E-state index >= 15 is 0 Å². The van der Waals surface area contributed by atoms with Crippen LogP contribution in [-0.2, 0) is 4.74 Å². The second-order valence-corrected chi connectivity index (χ2v) is 6.49. The second-order valence-electron chi connectivity index (χ2n) is 6.49. The lowest BCUT2D eigenvalue weighted by Crippen LogP contribution is -2.38. The van der Waals surface area contributed by atoms with Crippen molar-refractivity contribution in [3.05, 3.63) is 24.0 Å². The largest absolute Gasteiger partial charge is 0.506 e. The Morgan fingerprint density at radius 1 is 1.08 bits per heavy atom. The maximum Gasteiger partial charge on any atom is 0.255 e. The van der Waals surface area contributed by atoms with Gasteiger partial charge >= 0.3 is 0 Å². The maximum absolute atomic E-state index is 12.7. The van der Waals surface area contributed by atoms with E-state index in [1.54, 1.807) is 4.90 Å². The first-order valence-corrected chi connectivity index (χ1v) is 8.95. The number of ether oxygens (including phenoxy) is 1. The summed E-state index contributed by atoms with van der Waals surface area (Å²) in [5.74, 6) is -0.283. The average Bonchev–Trinajstić information content (AvgIpc) is 2.61. The molecule has 1 aromatic heterocycles. The zero-order chi connectivity index (χ0) is 18.1. The third kappa shape index (κ3) is 6.61. The number of rotatable bonds is 1. The lowest BCUT2D eigenvalue weighted by molar-refractivity contribution is -0.0434. The van der Waals surface area contributed by atoms with Gasteiger partial charge in [-0.05, 0) is 25.3 Å². The minimum absolute atomic E-state index is 0.0550. The summed E-state index contributed by atoms with van der Waals surface area (Å²) < 4.78 is 5.39. The third-order valence-corrected chi connectivity index (χ3v) is 4.40. The maximum atomic E-state index is 12.7. The Morgan fingerprint density at radius 3 is 2.64 bits per heavy atom. The van der Waals surface area contributed by atoms with Crippen LogP contribution in [0.5, 0.6) is 5.75 Å². The summed E-state index contributed by atoms with van der Waals surface area (Å²) in [5.41, 5.74) is 0.319. The summed E-state index contributed by atoms with van der Waals surface area (Å²) in [6.45, 7) is 1.60. The molecule has 2 rings (SSSR count). The topological polar surface area (TPSA) is 103 Å². The average molecular weight is 352 g/mol. The van der Waals surface area contributed by atoms with Crippen molar-refractivity contribution >= 4 is 5.91 Å². The monoisotopic (exact) mass is 352 g/mol. The lowest BCUT2D eigenvalue weighted by Gasteiger charge is -2.26. The van der Waals surface area contributed by atoms with E-state index in [2.05, 4.69) is 4.98 Å². The Bertz CT molecular complexity index is 540. The minimum atomic E-state index is -0.956. The molecule has 1 amide bonds. The highest BCUT2D eigenvalue weighted by Crippen LogP contribution is 2.14. The van der Waals surface area contributed by atoms with Crippen LogP contribution < -0.4 is 0 Å². The second kappa shape index (κ2) is 10.3. The molecule has 25 heavy (non-hydrogen) atoms. The Morgan fingerprint density at radius 2 is 1.84 bits per heavy atom. The van der Waals surface area contributed by atoms with E-state index in [9.17, 15) is 20.1 Å². The van der Waals surface area contributed by atoms with Gasteiger partial charge in [-0.2, -0.15) is 0 Å². The van der Waals surface area contributed by atoms with Crippen LogP contribution in [0.25, 0.3) is 0 Å². The fourth-order valence-corrected chi connectivity index (χ4v) is 2.87. The van der Waals surface area contributed by atoms with Crippen LogP contribution in [-0.4, -0.2) is 69.6 Å². The molecule has 0 aliphatic carbocycles. The van der Waals surface area contributed by atoms with Crippen molar-refractivity contribution < 1.29 is 24.9 Å². The lowest BCUT2D eigenvalue weighted by atomic mass is 10.1. The first-order chi connectivity index (χ1) is 12.1. The van der Waals surface area contributed by atoms with E-state index in [1.165, 1.54) is 18.5 Å². The molecule has 2 heterocycles. The van der Waals surface area contributed by atoms with Gasteiger partial charge in [-0.25, -0.2) is 0 Å². The molecule has 1 aliphatic rings. The Labute approximate surface area is 148 Å². The van der Waals surface area contributed by atoms with Gasteiger partial charge < -0.3 is 25.0 Å². The molecule has 0 radical (unpaired) electrons. The highest BCUT2D eigenvalue weighted by Gasteiger charge is 2.21. The Kier molecular flexibility index (Phi) is 8.11. The first kappa shape index (κ1) is 19.6. The number of carbonyl (C=O) groups is 1. The van der Waals surface area contributed by atoms with Gasteiger partial charge in [0.2, 0.25) is 0 Å². The molecule has 1 saturated heterocycles. The van der Waals surface area contributed by atoms with Crippen molar-refractivity contribution in [3.8, 4) is 5.75 Å². The van der Waals surface area contributed by atoms with Gasteiger partial charge in [0.15, 0.2) is 0 Å². The van der Waals surface area contributed by atoms with E-state index in [4.69, 9.17) is 4.74 Å². The molecule has 140 valence electrons. The van der Waals surface area contributed by atoms with Crippen LogP contribution >= 0.6 is 0 Å². The predicted molar refractivity (Wildman–Crippen MR) is 92.3 cm³/mol. The number of pyridine rings is 1. The molecule has 1 fully saturated rings. The van der Waals surface area contributed by atoms with E-state index in [1.807, 2.05) is 0 Å². The first-order valence-electron chi connectivity index (χ1n) is 8.95. The molecule has 0 unspecified atom stereocenters. The smallest absolute Gasteiger partial charge is 0.255 e. The number of aromatic nitrogens is 1. The van der Waals surface area contributed by atoms with E-state index in [0.29, 0.717) is 25.3 Å². The number of carbonyl (C=O) groups excluding carboxylic acids is 1. The van der Waals surface area contributed by atoms with Crippen LogP contribution in [0.3, 0.4) is 0 Å². The summed E-state index contributed by atoms with van der Waals surface area (Å²) in [5, 5.41) is 29.6. The SMILES string of the molecule is O=C(c1cncc(O)c1)N1CCCCCCCOC[C@@H](O)[C@@H](O)CC1. The molecule has 0 aromatic carbocycles. The number of nitrogens with zero attached hydrogens (tertiary/aromatic N) is 2. The summed E-state index contributed by atoms with van der Waals surface area (Å²) in [6.07, 6.45) is 6.01. The van der Waals surface area contributed by atoms with E-state index in [-0.39, 0.29) is 24.7 Å². The quantitative estimate of drug-likeness (QED) is 0.704. The van der Waals surface area contributed by atoms with Crippen LogP contribution in [0, 0.1) is 0 Å². The van der Waals surface area contributed by atoms with Gasteiger partial charge in [0, 0.05) is 25.9 Å². The van der Waals surface area contributed by atoms with Gasteiger partial charge in [-0.3, -0.25) is 9.78 Å². The number of hydrogen-bond donors (Lipinski definition) is 3. The number of aliphatic hydroxyl groups is 2. The van der Waals surface area contributed by atoms with Crippen molar-refractivity contribution in [2.45, 2.75) is 50.7 Å². The summed E-state index contributed by atoms with van der Waals surface area (Å²) in [7, 11) is 0. The van der Waals surface area contributed by atoms with E-state index in [0.717, 1.165) is 32.1 Å². The summed E-state index contributed by atoms with van der Waals surface area (Å²) in [4.78, 5) is 18.2. The molecule has 7 heteroatoms. The highest BCUT2D eigenvalue weighted by atomic mass is 16.5. The van der Waals surface area contributed by atoms with Crippen molar-refractivity contribution in [3.63, 3.8) is 0 Å². The number of hydrogen-bond acceptors (Lipinski definition) is 6. The standard InChI is InChI=1S/C18H28N2O5/c21-15-10-14(11-19-12-15)18(24)20-7-4-2-1-3-5-9-25-13-17(23)16(22)6-8-20/h10-12,16-17,21-23H,1-9,13H2/t16-,17+/m0/s1. The van der Waals surface area contributed by atoms with Crippen LogP contribution in [0.2, 0.25) is 0 Å². The third-order valence-electron chi connectivity index (χ3n) is 4.40. The summed E-state index contributed by atoms with van der Waals surface area (Å²) in [6, 6.07) is 1.39. The molecule has 0 saturated carbocycles. The molecule has 0 spiro atoms. The molecule has 0 bridgehead atoms. The van der Waals surface area contributed by atoms with Crippen LogP contribution in [0.15, 0.2) is 18.5 Å². The van der Waals surface area contributed by atoms with Crippen LogP contribution in [0.4, 0.5) is 0 Å². The molecular formula is C18H28N2O5. The molecule has 1 aromatic rings. The zero-order valence-electron chi connectivity index (χ0n) is 14.5. The Balaban J connectivity index is 2.03. The molecule has 7 nitrogen and oxygen atoms in total. The molecular weight excluding hydrogens is 324 g/mol. The fraction of sp³-hybridized carbons (Fsp3) is 0.667. The number of aromatic hydroxyl groups is 1. The molecule has 1 aliphatic heterocycles. The number of aliphatic hydroxyl groups excluding tert-OH is 2.